The number of thiazole rings is 1. The first-order valence-electron chi connectivity index (χ1n) is 9.84. The number of anilines is 1. The predicted molar refractivity (Wildman–Crippen MR) is 122 cm³/mol. The number of rotatable bonds is 6. The quantitative estimate of drug-likeness (QED) is 0.403. The number of aryl methyl sites for hydroxylation is 2. The predicted octanol–water partition coefficient (Wildman–Crippen LogP) is 5.15. The molecule has 160 valence electrons. The number of aromatic nitrogens is 1. The smallest absolute Gasteiger partial charge is 0.261 e. The standard InChI is InChI=1S/C23H22N2O4S2/c1-4-31(27,28)20-10-6-5-9-18(20)22(26)25(14-17-8-7-11-29-17)23-24-19-13-15(2)12-16(3)21(19)30-23/h5-13H,4,14H2,1-3H3. The van der Waals surface area contributed by atoms with E-state index in [1.54, 1.807) is 43.5 Å². The number of carbonyl (C=O) groups is 1. The molecule has 0 spiro atoms. The van der Waals surface area contributed by atoms with E-state index in [4.69, 9.17) is 9.40 Å². The van der Waals surface area contributed by atoms with Crippen molar-refractivity contribution < 1.29 is 17.6 Å². The summed E-state index contributed by atoms with van der Waals surface area (Å²) >= 11 is 1.41. The molecule has 31 heavy (non-hydrogen) atoms. The van der Waals surface area contributed by atoms with E-state index >= 15 is 0 Å². The maximum absolute atomic E-state index is 13.7. The van der Waals surface area contributed by atoms with Gasteiger partial charge in [0.2, 0.25) is 0 Å². The number of carbonyl (C=O) groups excluding carboxylic acids is 1. The van der Waals surface area contributed by atoms with Gasteiger partial charge in [0.15, 0.2) is 15.0 Å². The van der Waals surface area contributed by atoms with E-state index in [1.165, 1.54) is 22.3 Å². The second-order valence-electron chi connectivity index (χ2n) is 7.30. The maximum atomic E-state index is 13.7. The fraction of sp³-hybridized carbons (Fsp3) is 0.217. The summed E-state index contributed by atoms with van der Waals surface area (Å²) in [6, 6.07) is 13.9. The van der Waals surface area contributed by atoms with Crippen LogP contribution in [0.5, 0.6) is 0 Å². The number of sulfone groups is 1. The molecule has 0 atom stereocenters. The minimum atomic E-state index is -3.58. The average molecular weight is 455 g/mol. The lowest BCUT2D eigenvalue weighted by Crippen LogP contribution is -2.31. The highest BCUT2D eigenvalue weighted by molar-refractivity contribution is 7.91. The van der Waals surface area contributed by atoms with Gasteiger partial charge in [0.1, 0.15) is 5.76 Å². The third-order valence-electron chi connectivity index (χ3n) is 5.01. The Balaban J connectivity index is 1.86. The van der Waals surface area contributed by atoms with Crippen LogP contribution in [0.15, 0.2) is 64.1 Å². The van der Waals surface area contributed by atoms with Gasteiger partial charge in [0.25, 0.3) is 5.91 Å². The molecule has 1 amide bonds. The van der Waals surface area contributed by atoms with E-state index in [1.807, 2.05) is 19.9 Å². The molecule has 0 bridgehead atoms. The highest BCUT2D eigenvalue weighted by Gasteiger charge is 2.28. The van der Waals surface area contributed by atoms with E-state index < -0.39 is 15.7 Å². The summed E-state index contributed by atoms with van der Waals surface area (Å²) in [6.45, 7) is 5.72. The van der Waals surface area contributed by atoms with Crippen LogP contribution in [0, 0.1) is 13.8 Å². The second kappa shape index (κ2) is 8.28. The first-order chi connectivity index (χ1) is 14.8. The first-order valence-corrected chi connectivity index (χ1v) is 12.3. The van der Waals surface area contributed by atoms with Gasteiger partial charge in [-0.3, -0.25) is 9.69 Å². The molecule has 2 aromatic carbocycles. The molecular formula is C23H22N2O4S2. The molecule has 4 rings (SSSR count). The van der Waals surface area contributed by atoms with Crippen molar-refractivity contribution in [3.8, 4) is 0 Å². The molecule has 0 N–H and O–H groups in total. The number of nitrogens with zero attached hydrogens (tertiary/aromatic N) is 2. The largest absolute Gasteiger partial charge is 0.467 e. The number of fused-ring (bicyclic) bond motifs is 1. The van der Waals surface area contributed by atoms with Gasteiger partial charge in [-0.1, -0.05) is 36.5 Å². The van der Waals surface area contributed by atoms with Crippen molar-refractivity contribution in [3.05, 3.63) is 77.2 Å². The molecule has 8 heteroatoms. The fourth-order valence-electron chi connectivity index (χ4n) is 3.48. The number of hydrogen-bond donors (Lipinski definition) is 0. The summed E-state index contributed by atoms with van der Waals surface area (Å²) in [7, 11) is -3.58. The fourth-order valence-corrected chi connectivity index (χ4v) is 5.58. The summed E-state index contributed by atoms with van der Waals surface area (Å²) in [4.78, 5) is 19.9. The Morgan fingerprint density at radius 2 is 1.90 bits per heavy atom. The zero-order valence-corrected chi connectivity index (χ0v) is 19.1. The average Bonchev–Trinajstić information content (AvgIpc) is 3.41. The van der Waals surface area contributed by atoms with E-state index in [2.05, 4.69) is 6.07 Å². The van der Waals surface area contributed by atoms with Crippen LogP contribution in [-0.4, -0.2) is 25.1 Å². The highest BCUT2D eigenvalue weighted by atomic mass is 32.2. The van der Waals surface area contributed by atoms with Crippen molar-refractivity contribution in [2.45, 2.75) is 32.2 Å². The minimum absolute atomic E-state index is 0.0279. The van der Waals surface area contributed by atoms with Crippen molar-refractivity contribution in [2.24, 2.45) is 0 Å². The highest BCUT2D eigenvalue weighted by Crippen LogP contribution is 2.34. The first kappa shape index (κ1) is 21.3. The number of hydrogen-bond acceptors (Lipinski definition) is 6. The van der Waals surface area contributed by atoms with Gasteiger partial charge >= 0.3 is 0 Å². The van der Waals surface area contributed by atoms with Gasteiger partial charge in [-0.15, -0.1) is 0 Å². The van der Waals surface area contributed by atoms with Crippen molar-refractivity contribution in [3.63, 3.8) is 0 Å². The van der Waals surface area contributed by atoms with Crippen molar-refractivity contribution in [2.75, 3.05) is 10.7 Å². The van der Waals surface area contributed by atoms with Gasteiger partial charge in [0.05, 0.1) is 39.2 Å². The van der Waals surface area contributed by atoms with Crippen LogP contribution >= 0.6 is 11.3 Å². The van der Waals surface area contributed by atoms with E-state index in [9.17, 15) is 13.2 Å². The topological polar surface area (TPSA) is 80.5 Å². The summed E-state index contributed by atoms with van der Waals surface area (Å²) < 4.78 is 31.7. The third kappa shape index (κ3) is 4.13. The lowest BCUT2D eigenvalue weighted by Gasteiger charge is -2.20. The Labute approximate surface area is 185 Å². The van der Waals surface area contributed by atoms with E-state index in [0.717, 1.165) is 21.3 Å². The van der Waals surface area contributed by atoms with Crippen LogP contribution in [0.4, 0.5) is 5.13 Å². The number of benzene rings is 2. The van der Waals surface area contributed by atoms with Crippen LogP contribution in [0.2, 0.25) is 0 Å². The van der Waals surface area contributed by atoms with E-state index in [0.29, 0.717) is 10.9 Å². The lowest BCUT2D eigenvalue weighted by molar-refractivity contribution is 0.0980. The lowest BCUT2D eigenvalue weighted by atomic mass is 10.1. The summed E-state index contributed by atoms with van der Waals surface area (Å²) in [5.41, 5.74) is 3.11. The molecule has 2 heterocycles. The van der Waals surface area contributed by atoms with Crippen molar-refractivity contribution in [1.29, 1.82) is 0 Å². The van der Waals surface area contributed by atoms with Gasteiger partial charge in [-0.2, -0.15) is 0 Å². The third-order valence-corrected chi connectivity index (χ3v) is 8.03. The Kier molecular flexibility index (Phi) is 5.68. The van der Waals surface area contributed by atoms with E-state index in [-0.39, 0.29) is 22.8 Å². The zero-order chi connectivity index (χ0) is 22.2. The number of amides is 1. The van der Waals surface area contributed by atoms with Crippen molar-refractivity contribution >= 4 is 42.4 Å². The maximum Gasteiger partial charge on any atom is 0.261 e. The van der Waals surface area contributed by atoms with Crippen LogP contribution in [0.3, 0.4) is 0 Å². The number of furan rings is 1. The molecule has 0 unspecified atom stereocenters. The molecule has 0 aliphatic carbocycles. The van der Waals surface area contributed by atoms with Crippen molar-refractivity contribution in [1.82, 2.24) is 4.98 Å². The molecule has 4 aromatic rings. The Morgan fingerprint density at radius 1 is 1.13 bits per heavy atom. The van der Waals surface area contributed by atoms with Gasteiger partial charge in [0, 0.05) is 0 Å². The van der Waals surface area contributed by atoms with Gasteiger partial charge in [-0.25, -0.2) is 13.4 Å². The molecule has 2 aromatic heterocycles. The molecule has 0 saturated carbocycles. The van der Waals surface area contributed by atoms with Gasteiger partial charge < -0.3 is 4.42 Å². The van der Waals surface area contributed by atoms with Crippen LogP contribution < -0.4 is 4.90 Å². The monoisotopic (exact) mass is 454 g/mol. The molecule has 0 aliphatic rings. The molecule has 0 saturated heterocycles. The summed E-state index contributed by atoms with van der Waals surface area (Å²) in [5, 5.41) is 0.494. The zero-order valence-electron chi connectivity index (χ0n) is 17.5. The molecular weight excluding hydrogens is 432 g/mol. The second-order valence-corrected chi connectivity index (χ2v) is 10.5. The SMILES string of the molecule is CCS(=O)(=O)c1ccccc1C(=O)N(Cc1ccco1)c1nc2cc(C)cc(C)c2s1. The van der Waals surface area contributed by atoms with Gasteiger partial charge in [-0.05, 0) is 55.3 Å². The van der Waals surface area contributed by atoms with Crippen LogP contribution in [0.25, 0.3) is 10.2 Å². The molecule has 0 radical (unpaired) electrons. The summed E-state index contributed by atoms with van der Waals surface area (Å²) in [5.74, 6) is 0.0588. The van der Waals surface area contributed by atoms with Crippen LogP contribution in [-0.2, 0) is 16.4 Å². The molecule has 0 aliphatic heterocycles. The molecule has 6 nitrogen and oxygen atoms in total. The normalized spacial score (nSPS) is 11.7. The Bertz CT molecular complexity index is 1360. The summed E-state index contributed by atoms with van der Waals surface area (Å²) in [6.07, 6.45) is 1.54. The van der Waals surface area contributed by atoms with Crippen LogP contribution in [0.1, 0.15) is 34.2 Å². The molecule has 0 fully saturated rings. The minimum Gasteiger partial charge on any atom is -0.467 e. The Morgan fingerprint density at radius 3 is 2.61 bits per heavy atom. The Hall–Kier alpha value is -2.97.